The van der Waals surface area contributed by atoms with Crippen molar-refractivity contribution < 1.29 is 4.79 Å². The number of hydrogen-bond donors (Lipinski definition) is 1. The highest BCUT2D eigenvalue weighted by atomic mass is 79.9. The lowest BCUT2D eigenvalue weighted by Gasteiger charge is -2.09. The normalized spacial score (nSPS) is 10.6. The summed E-state index contributed by atoms with van der Waals surface area (Å²) in [5.41, 5.74) is 0.961. The zero-order valence-corrected chi connectivity index (χ0v) is 12.9. The Morgan fingerprint density at radius 1 is 1.14 bits per heavy atom. The molecule has 0 bridgehead atoms. The molecule has 0 saturated heterocycles. The SMILES string of the molecule is O=C(Cn1c(=O)cnc2ccccc21)Nc1ccc(Br)cn1. The first-order chi connectivity index (χ1) is 10.6. The minimum atomic E-state index is -0.326. The molecule has 3 aromatic rings. The molecule has 22 heavy (non-hydrogen) atoms. The van der Waals surface area contributed by atoms with Gasteiger partial charge in [-0.3, -0.25) is 14.2 Å². The second kappa shape index (κ2) is 6.07. The maximum Gasteiger partial charge on any atom is 0.269 e. The standard InChI is InChI=1S/C15H11BrN4O2/c16-10-5-6-13(18-7-10)19-14(21)9-20-12-4-2-1-3-11(12)17-8-15(20)22/h1-8H,9H2,(H,18,19,21). The number of nitrogens with one attached hydrogen (secondary N) is 1. The Hall–Kier alpha value is -2.54. The number of rotatable bonds is 3. The quantitative estimate of drug-likeness (QED) is 0.778. The molecule has 0 unspecified atom stereocenters. The van der Waals surface area contributed by atoms with Crippen molar-refractivity contribution in [1.29, 1.82) is 0 Å². The van der Waals surface area contributed by atoms with Crippen molar-refractivity contribution in [2.45, 2.75) is 6.54 Å². The summed E-state index contributed by atoms with van der Waals surface area (Å²) in [5.74, 6) is 0.105. The van der Waals surface area contributed by atoms with Crippen LogP contribution in [0.1, 0.15) is 0 Å². The third kappa shape index (κ3) is 3.04. The maximum absolute atomic E-state index is 12.1. The van der Waals surface area contributed by atoms with Crippen molar-refractivity contribution in [3.8, 4) is 0 Å². The van der Waals surface area contributed by atoms with E-state index in [1.54, 1.807) is 36.5 Å². The van der Waals surface area contributed by atoms with Crippen molar-refractivity contribution in [3.63, 3.8) is 0 Å². The molecule has 110 valence electrons. The topological polar surface area (TPSA) is 76.9 Å². The lowest BCUT2D eigenvalue weighted by atomic mass is 10.3. The number of aromatic nitrogens is 3. The summed E-state index contributed by atoms with van der Waals surface area (Å²) in [6.07, 6.45) is 2.80. The van der Waals surface area contributed by atoms with Gasteiger partial charge in [-0.2, -0.15) is 0 Å². The number of halogens is 1. The molecule has 3 rings (SSSR count). The maximum atomic E-state index is 12.1. The number of carbonyl (C=O) groups excluding carboxylic acids is 1. The Kier molecular flexibility index (Phi) is 3.97. The molecule has 1 amide bonds. The fourth-order valence-electron chi connectivity index (χ4n) is 2.05. The highest BCUT2D eigenvalue weighted by Gasteiger charge is 2.09. The van der Waals surface area contributed by atoms with E-state index in [4.69, 9.17) is 0 Å². The third-order valence-corrected chi connectivity index (χ3v) is 3.52. The van der Waals surface area contributed by atoms with E-state index in [0.717, 1.165) is 4.47 Å². The zero-order valence-electron chi connectivity index (χ0n) is 11.4. The number of para-hydroxylation sites is 2. The van der Waals surface area contributed by atoms with Crippen molar-refractivity contribution in [2.75, 3.05) is 5.32 Å². The molecule has 2 heterocycles. The summed E-state index contributed by atoms with van der Waals surface area (Å²) >= 11 is 3.27. The van der Waals surface area contributed by atoms with Crippen molar-refractivity contribution >= 4 is 38.7 Å². The van der Waals surface area contributed by atoms with Gasteiger partial charge in [0.25, 0.3) is 5.56 Å². The van der Waals surface area contributed by atoms with Crippen LogP contribution in [0.15, 0.2) is 58.1 Å². The largest absolute Gasteiger partial charge is 0.309 e. The van der Waals surface area contributed by atoms with Crippen LogP contribution in [-0.2, 0) is 11.3 Å². The van der Waals surface area contributed by atoms with Gasteiger partial charge in [0, 0.05) is 10.7 Å². The number of fused-ring (bicyclic) bond motifs is 1. The molecule has 0 aliphatic carbocycles. The second-order valence-electron chi connectivity index (χ2n) is 4.58. The van der Waals surface area contributed by atoms with Gasteiger partial charge in [-0.1, -0.05) is 12.1 Å². The van der Waals surface area contributed by atoms with Gasteiger partial charge in [-0.25, -0.2) is 9.97 Å². The van der Waals surface area contributed by atoms with Gasteiger partial charge in [-0.15, -0.1) is 0 Å². The van der Waals surface area contributed by atoms with Crippen molar-refractivity contribution in [3.05, 3.63) is 63.6 Å². The lowest BCUT2D eigenvalue weighted by molar-refractivity contribution is -0.116. The number of amides is 1. The van der Waals surface area contributed by atoms with E-state index in [9.17, 15) is 9.59 Å². The summed E-state index contributed by atoms with van der Waals surface area (Å²) in [7, 11) is 0. The van der Waals surface area contributed by atoms with Crippen LogP contribution in [0.4, 0.5) is 5.82 Å². The van der Waals surface area contributed by atoms with Crippen LogP contribution in [-0.4, -0.2) is 20.4 Å². The summed E-state index contributed by atoms with van der Waals surface area (Å²) < 4.78 is 2.21. The van der Waals surface area contributed by atoms with E-state index in [1.807, 2.05) is 6.07 Å². The smallest absolute Gasteiger partial charge is 0.269 e. The summed E-state index contributed by atoms with van der Waals surface area (Å²) in [4.78, 5) is 32.2. The monoisotopic (exact) mass is 358 g/mol. The number of benzene rings is 1. The summed E-state index contributed by atoms with van der Waals surface area (Å²) in [6.45, 7) is -0.0976. The molecule has 0 fully saturated rings. The van der Waals surface area contributed by atoms with Gasteiger partial charge >= 0.3 is 0 Å². The molecular formula is C15H11BrN4O2. The van der Waals surface area contributed by atoms with E-state index in [2.05, 4.69) is 31.2 Å². The highest BCUT2D eigenvalue weighted by Crippen LogP contribution is 2.11. The van der Waals surface area contributed by atoms with E-state index in [-0.39, 0.29) is 18.0 Å². The molecule has 1 aromatic carbocycles. The average Bonchev–Trinajstić information content (AvgIpc) is 2.52. The molecule has 0 saturated carbocycles. The first-order valence-electron chi connectivity index (χ1n) is 6.49. The second-order valence-corrected chi connectivity index (χ2v) is 5.50. The predicted molar refractivity (Wildman–Crippen MR) is 86.6 cm³/mol. The van der Waals surface area contributed by atoms with Crippen LogP contribution in [0.25, 0.3) is 11.0 Å². The van der Waals surface area contributed by atoms with Crippen LogP contribution in [0, 0.1) is 0 Å². The highest BCUT2D eigenvalue weighted by molar-refractivity contribution is 9.10. The summed E-state index contributed by atoms with van der Waals surface area (Å²) in [6, 6.07) is 10.6. The molecule has 0 aliphatic heterocycles. The number of pyridine rings is 1. The molecule has 7 heteroatoms. The molecule has 0 atom stereocenters. The zero-order chi connectivity index (χ0) is 15.5. The average molecular weight is 359 g/mol. The van der Waals surface area contributed by atoms with Gasteiger partial charge in [0.1, 0.15) is 12.4 Å². The fourth-order valence-corrected chi connectivity index (χ4v) is 2.29. The van der Waals surface area contributed by atoms with Crippen molar-refractivity contribution in [1.82, 2.24) is 14.5 Å². The Morgan fingerprint density at radius 2 is 1.95 bits per heavy atom. The Morgan fingerprint density at radius 3 is 2.73 bits per heavy atom. The van der Waals surface area contributed by atoms with Crippen LogP contribution in [0.3, 0.4) is 0 Å². The van der Waals surface area contributed by atoms with Crippen molar-refractivity contribution in [2.24, 2.45) is 0 Å². The Bertz CT molecular complexity index is 890. The Labute approximate surface area is 134 Å². The van der Waals surface area contributed by atoms with Crippen LogP contribution < -0.4 is 10.9 Å². The van der Waals surface area contributed by atoms with E-state index in [1.165, 1.54) is 10.8 Å². The molecule has 0 aliphatic rings. The first-order valence-corrected chi connectivity index (χ1v) is 7.29. The van der Waals surface area contributed by atoms with Gasteiger partial charge < -0.3 is 5.32 Å². The fraction of sp³-hybridized carbons (Fsp3) is 0.0667. The third-order valence-electron chi connectivity index (χ3n) is 3.05. The minimum absolute atomic E-state index is 0.0976. The minimum Gasteiger partial charge on any atom is -0.309 e. The number of anilines is 1. The van der Waals surface area contributed by atoms with E-state index in [0.29, 0.717) is 16.9 Å². The van der Waals surface area contributed by atoms with Gasteiger partial charge in [0.2, 0.25) is 5.91 Å². The first kappa shape index (κ1) is 14.4. The van der Waals surface area contributed by atoms with Gasteiger partial charge in [0.15, 0.2) is 0 Å². The van der Waals surface area contributed by atoms with E-state index >= 15 is 0 Å². The van der Waals surface area contributed by atoms with Crippen LogP contribution in [0.5, 0.6) is 0 Å². The predicted octanol–water partition coefficient (Wildman–Crippen LogP) is 2.19. The molecular weight excluding hydrogens is 348 g/mol. The summed E-state index contributed by atoms with van der Waals surface area (Å²) in [5, 5.41) is 2.66. The van der Waals surface area contributed by atoms with Crippen LogP contribution in [0.2, 0.25) is 0 Å². The van der Waals surface area contributed by atoms with E-state index < -0.39 is 0 Å². The molecule has 0 spiro atoms. The van der Waals surface area contributed by atoms with Crippen LogP contribution >= 0.6 is 15.9 Å². The molecule has 2 aromatic heterocycles. The van der Waals surface area contributed by atoms with Gasteiger partial charge in [-0.05, 0) is 40.2 Å². The molecule has 0 radical (unpaired) electrons. The molecule has 1 N–H and O–H groups in total. The lowest BCUT2D eigenvalue weighted by Crippen LogP contribution is -2.28. The number of nitrogens with zero attached hydrogens (tertiary/aromatic N) is 3. The Balaban J connectivity index is 1.86. The molecule has 6 nitrogen and oxygen atoms in total. The van der Waals surface area contributed by atoms with Gasteiger partial charge in [0.05, 0.1) is 17.2 Å². The number of hydrogen-bond acceptors (Lipinski definition) is 4. The number of carbonyl (C=O) groups is 1.